The van der Waals surface area contributed by atoms with E-state index in [0.29, 0.717) is 12.3 Å². The molecule has 0 radical (unpaired) electrons. The van der Waals surface area contributed by atoms with Crippen molar-refractivity contribution in [3.8, 4) is 5.75 Å². The van der Waals surface area contributed by atoms with Crippen LogP contribution in [0.4, 0.5) is 0 Å². The van der Waals surface area contributed by atoms with Gasteiger partial charge in [0.2, 0.25) is 0 Å². The van der Waals surface area contributed by atoms with Gasteiger partial charge >= 0.3 is 0 Å². The van der Waals surface area contributed by atoms with E-state index in [2.05, 4.69) is 10.3 Å². The maximum atomic E-state index is 9.64. The molecule has 0 spiro atoms. The Kier molecular flexibility index (Phi) is 3.54. The number of hydrogen-bond donors (Lipinski definition) is 2. The number of thiazole rings is 1. The summed E-state index contributed by atoms with van der Waals surface area (Å²) < 4.78 is 0. The smallest absolute Gasteiger partial charge is 0.120 e. The SMILES string of the molecule is Cc1ccc(O)c(CNCc2nccs2)c1. The second kappa shape index (κ2) is 5.09. The van der Waals surface area contributed by atoms with Crippen molar-refractivity contribution in [1.82, 2.24) is 10.3 Å². The van der Waals surface area contributed by atoms with Crippen LogP contribution in [0.1, 0.15) is 16.1 Å². The Morgan fingerprint density at radius 1 is 1.38 bits per heavy atom. The minimum absolute atomic E-state index is 0.345. The maximum Gasteiger partial charge on any atom is 0.120 e. The molecule has 2 N–H and O–H groups in total. The predicted octanol–water partition coefficient (Wildman–Crippen LogP) is 2.45. The molecule has 84 valence electrons. The molecule has 0 aliphatic rings. The van der Waals surface area contributed by atoms with Crippen molar-refractivity contribution in [2.45, 2.75) is 20.0 Å². The highest BCUT2D eigenvalue weighted by atomic mass is 32.1. The van der Waals surface area contributed by atoms with Gasteiger partial charge in [-0.05, 0) is 13.0 Å². The Morgan fingerprint density at radius 2 is 2.25 bits per heavy atom. The monoisotopic (exact) mass is 234 g/mol. The highest BCUT2D eigenvalue weighted by molar-refractivity contribution is 7.09. The molecule has 4 heteroatoms. The van der Waals surface area contributed by atoms with Crippen molar-refractivity contribution in [3.05, 3.63) is 45.9 Å². The topological polar surface area (TPSA) is 45.1 Å². The zero-order chi connectivity index (χ0) is 11.4. The molecule has 0 atom stereocenters. The summed E-state index contributed by atoms with van der Waals surface area (Å²) in [6.07, 6.45) is 1.80. The summed E-state index contributed by atoms with van der Waals surface area (Å²) >= 11 is 1.63. The van der Waals surface area contributed by atoms with Crippen LogP contribution in [0.25, 0.3) is 0 Å². The van der Waals surface area contributed by atoms with Gasteiger partial charge in [-0.15, -0.1) is 11.3 Å². The molecule has 1 aromatic heterocycles. The Labute approximate surface area is 98.8 Å². The van der Waals surface area contributed by atoms with Gasteiger partial charge in [-0.2, -0.15) is 0 Å². The van der Waals surface area contributed by atoms with Crippen LogP contribution in [0, 0.1) is 6.92 Å². The van der Waals surface area contributed by atoms with E-state index < -0.39 is 0 Å². The molecule has 1 heterocycles. The van der Waals surface area contributed by atoms with Crippen molar-refractivity contribution in [2.24, 2.45) is 0 Å². The fourth-order valence-corrected chi connectivity index (χ4v) is 2.09. The molecule has 2 aromatic rings. The van der Waals surface area contributed by atoms with Crippen molar-refractivity contribution in [2.75, 3.05) is 0 Å². The first-order valence-corrected chi connectivity index (χ1v) is 6.01. The van der Waals surface area contributed by atoms with Crippen LogP contribution in [0.2, 0.25) is 0 Å². The number of aromatic hydroxyl groups is 1. The molecular formula is C12H14N2OS. The zero-order valence-corrected chi connectivity index (χ0v) is 9.92. The van der Waals surface area contributed by atoms with E-state index in [1.54, 1.807) is 23.6 Å². The van der Waals surface area contributed by atoms with E-state index >= 15 is 0 Å². The molecule has 0 aliphatic heterocycles. The van der Waals surface area contributed by atoms with Gasteiger partial charge in [0.25, 0.3) is 0 Å². The highest BCUT2D eigenvalue weighted by Crippen LogP contribution is 2.17. The molecule has 0 bridgehead atoms. The number of aromatic nitrogens is 1. The highest BCUT2D eigenvalue weighted by Gasteiger charge is 2.01. The quantitative estimate of drug-likeness (QED) is 0.854. The Bertz CT molecular complexity index is 454. The standard InChI is InChI=1S/C12H14N2OS/c1-9-2-3-11(15)10(6-9)7-13-8-12-14-4-5-16-12/h2-6,13,15H,7-8H2,1H3. The van der Waals surface area contributed by atoms with Gasteiger partial charge in [-0.3, -0.25) is 0 Å². The lowest BCUT2D eigenvalue weighted by Crippen LogP contribution is -2.12. The van der Waals surface area contributed by atoms with Gasteiger partial charge in [0.1, 0.15) is 10.8 Å². The van der Waals surface area contributed by atoms with Crippen LogP contribution in [0.15, 0.2) is 29.8 Å². The van der Waals surface area contributed by atoms with Crippen LogP contribution >= 0.6 is 11.3 Å². The fourth-order valence-electron chi connectivity index (χ4n) is 1.50. The summed E-state index contributed by atoms with van der Waals surface area (Å²) in [7, 11) is 0. The first kappa shape index (κ1) is 11.1. The van der Waals surface area contributed by atoms with E-state index in [9.17, 15) is 5.11 Å². The summed E-state index contributed by atoms with van der Waals surface area (Å²) in [6, 6.07) is 5.62. The Balaban J connectivity index is 1.92. The minimum Gasteiger partial charge on any atom is -0.508 e. The van der Waals surface area contributed by atoms with Gasteiger partial charge in [-0.1, -0.05) is 17.7 Å². The lowest BCUT2D eigenvalue weighted by Gasteiger charge is -2.06. The molecule has 0 saturated heterocycles. The average molecular weight is 234 g/mol. The molecule has 0 saturated carbocycles. The number of phenolic OH excluding ortho intramolecular Hbond substituents is 1. The van der Waals surface area contributed by atoms with E-state index in [-0.39, 0.29) is 0 Å². The van der Waals surface area contributed by atoms with Crippen molar-refractivity contribution >= 4 is 11.3 Å². The van der Waals surface area contributed by atoms with Gasteiger partial charge in [0.05, 0.1) is 0 Å². The molecule has 1 aromatic carbocycles. The van der Waals surface area contributed by atoms with Crippen LogP contribution in [-0.4, -0.2) is 10.1 Å². The predicted molar refractivity (Wildman–Crippen MR) is 65.5 cm³/mol. The van der Waals surface area contributed by atoms with Crippen molar-refractivity contribution < 1.29 is 5.11 Å². The second-order valence-electron chi connectivity index (χ2n) is 3.66. The number of benzene rings is 1. The molecule has 0 fully saturated rings. The van der Waals surface area contributed by atoms with Crippen molar-refractivity contribution in [1.29, 1.82) is 0 Å². The number of hydrogen-bond acceptors (Lipinski definition) is 4. The molecule has 0 unspecified atom stereocenters. The fraction of sp³-hybridized carbons (Fsp3) is 0.250. The van der Waals surface area contributed by atoms with Crippen LogP contribution < -0.4 is 5.32 Å². The molecule has 3 nitrogen and oxygen atoms in total. The third-order valence-corrected chi connectivity index (χ3v) is 3.09. The largest absolute Gasteiger partial charge is 0.508 e. The lowest BCUT2D eigenvalue weighted by atomic mass is 10.1. The van der Waals surface area contributed by atoms with E-state index in [1.165, 1.54) is 0 Å². The number of nitrogens with one attached hydrogen (secondary N) is 1. The summed E-state index contributed by atoms with van der Waals surface area (Å²) in [6.45, 7) is 3.42. The van der Waals surface area contributed by atoms with Crippen LogP contribution in [-0.2, 0) is 13.1 Å². The zero-order valence-electron chi connectivity index (χ0n) is 9.10. The van der Waals surface area contributed by atoms with E-state index in [0.717, 1.165) is 22.7 Å². The molecule has 0 amide bonds. The second-order valence-corrected chi connectivity index (χ2v) is 4.64. The third kappa shape index (κ3) is 2.81. The Morgan fingerprint density at radius 3 is 3.00 bits per heavy atom. The molecule has 2 rings (SSSR count). The summed E-state index contributed by atoms with van der Waals surface area (Å²) in [5, 5.41) is 15.9. The number of rotatable bonds is 4. The van der Waals surface area contributed by atoms with Crippen LogP contribution in [0.5, 0.6) is 5.75 Å². The van der Waals surface area contributed by atoms with Gasteiger partial charge in [0, 0.05) is 30.2 Å². The van der Waals surface area contributed by atoms with E-state index in [1.807, 2.05) is 24.4 Å². The summed E-state index contributed by atoms with van der Waals surface area (Å²) in [4.78, 5) is 4.18. The van der Waals surface area contributed by atoms with E-state index in [4.69, 9.17) is 0 Å². The van der Waals surface area contributed by atoms with Gasteiger partial charge < -0.3 is 10.4 Å². The minimum atomic E-state index is 0.345. The first-order chi connectivity index (χ1) is 7.75. The van der Waals surface area contributed by atoms with Crippen LogP contribution in [0.3, 0.4) is 0 Å². The maximum absolute atomic E-state index is 9.64. The summed E-state index contributed by atoms with van der Waals surface area (Å²) in [5.74, 6) is 0.345. The molecular weight excluding hydrogens is 220 g/mol. The number of aryl methyl sites for hydroxylation is 1. The van der Waals surface area contributed by atoms with Crippen molar-refractivity contribution in [3.63, 3.8) is 0 Å². The molecule has 16 heavy (non-hydrogen) atoms. The third-order valence-electron chi connectivity index (χ3n) is 2.31. The number of phenols is 1. The summed E-state index contributed by atoms with van der Waals surface area (Å²) in [5.41, 5.74) is 2.08. The Hall–Kier alpha value is -1.39. The normalized spacial score (nSPS) is 10.6. The number of nitrogens with zero attached hydrogens (tertiary/aromatic N) is 1. The lowest BCUT2D eigenvalue weighted by molar-refractivity contribution is 0.464. The average Bonchev–Trinajstić information content (AvgIpc) is 2.76. The molecule has 0 aliphatic carbocycles. The van der Waals surface area contributed by atoms with Gasteiger partial charge in [-0.25, -0.2) is 4.98 Å². The van der Waals surface area contributed by atoms with Gasteiger partial charge in [0.15, 0.2) is 0 Å². The first-order valence-electron chi connectivity index (χ1n) is 5.13.